The average molecular weight is 574 g/mol. The van der Waals surface area contributed by atoms with E-state index in [1.165, 1.54) is 11.0 Å². The summed E-state index contributed by atoms with van der Waals surface area (Å²) in [5, 5.41) is 4.97. The van der Waals surface area contributed by atoms with Gasteiger partial charge in [-0.05, 0) is 56.5 Å². The third-order valence-electron chi connectivity index (χ3n) is 6.42. The smallest absolute Gasteiger partial charge is 0.311 e. The summed E-state index contributed by atoms with van der Waals surface area (Å²) in [6.07, 6.45) is 0.156. The minimum Gasteiger partial charge on any atom is -0.460 e. The van der Waals surface area contributed by atoms with Crippen molar-refractivity contribution in [2.45, 2.75) is 71.2 Å². The Bertz CT molecular complexity index is 1510. The highest BCUT2D eigenvalue weighted by atomic mass is 16.6. The van der Waals surface area contributed by atoms with Crippen LogP contribution < -0.4 is 15.4 Å². The zero-order chi connectivity index (χ0) is 30.4. The van der Waals surface area contributed by atoms with E-state index in [1.54, 1.807) is 57.2 Å². The van der Waals surface area contributed by atoms with Crippen molar-refractivity contribution in [2.24, 2.45) is 0 Å². The van der Waals surface area contributed by atoms with E-state index in [4.69, 9.17) is 9.47 Å². The molecule has 0 bridgehead atoms. The molecule has 2 aliphatic heterocycles. The number of esters is 2. The lowest BCUT2D eigenvalue weighted by atomic mass is 10.0. The molecule has 0 radical (unpaired) electrons. The summed E-state index contributed by atoms with van der Waals surface area (Å²) in [4.78, 5) is 74.6. The second kappa shape index (κ2) is 12.7. The van der Waals surface area contributed by atoms with Gasteiger partial charge in [-0.2, -0.15) is 0 Å². The molecule has 2 heterocycles. The zero-order valence-corrected chi connectivity index (χ0v) is 23.6. The van der Waals surface area contributed by atoms with Crippen molar-refractivity contribution in [3.05, 3.63) is 64.7 Å². The van der Waals surface area contributed by atoms with Gasteiger partial charge in [-0.1, -0.05) is 30.2 Å². The zero-order valence-electron chi connectivity index (χ0n) is 23.6. The van der Waals surface area contributed by atoms with Gasteiger partial charge < -0.3 is 19.7 Å². The molecule has 4 amide bonds. The number of hydrogen-bond donors (Lipinski definition) is 2. The summed E-state index contributed by atoms with van der Waals surface area (Å²) in [7, 11) is 0. The molecule has 42 heavy (non-hydrogen) atoms. The van der Waals surface area contributed by atoms with Crippen LogP contribution >= 0.6 is 0 Å². The van der Waals surface area contributed by atoms with E-state index in [2.05, 4.69) is 22.5 Å². The van der Waals surface area contributed by atoms with Crippen LogP contribution in [0.3, 0.4) is 0 Å². The standard InChI is InChI=1S/C31H31N3O8/c1-31(2,3)42-28(38)15-14-27(37)41-24-7-5-4-6-20(24)9-12-25(35)32-17-19-8-10-22-21(16-19)18-34(30(22)40)23-11-13-26(36)33-29(23)39/h4-8,10,16,23H,11,13-15,17-18H2,1-3H3,(H,32,35)(H,33,36,39). The van der Waals surface area contributed by atoms with Crippen molar-refractivity contribution in [1.82, 2.24) is 15.5 Å². The average Bonchev–Trinajstić information content (AvgIpc) is 3.24. The SMILES string of the molecule is CC(C)(C)OC(=O)CCC(=O)Oc1ccccc1C#CC(=O)NCc1ccc2c(c1)CN(C1CCC(=O)NC1=O)C2=O. The molecule has 11 nitrogen and oxygen atoms in total. The van der Waals surface area contributed by atoms with Crippen LogP contribution in [0.15, 0.2) is 42.5 Å². The van der Waals surface area contributed by atoms with Crippen molar-refractivity contribution >= 4 is 35.6 Å². The lowest BCUT2D eigenvalue weighted by molar-refractivity contribution is -0.156. The molecule has 4 rings (SSSR count). The number of hydrogen-bond acceptors (Lipinski definition) is 8. The second-order valence-corrected chi connectivity index (χ2v) is 10.9. The first-order valence-corrected chi connectivity index (χ1v) is 13.5. The van der Waals surface area contributed by atoms with Crippen LogP contribution in [0.25, 0.3) is 0 Å². The van der Waals surface area contributed by atoms with E-state index < -0.39 is 35.4 Å². The number of amides is 4. The second-order valence-electron chi connectivity index (χ2n) is 10.9. The van der Waals surface area contributed by atoms with Crippen molar-refractivity contribution in [2.75, 3.05) is 0 Å². The van der Waals surface area contributed by atoms with Crippen LogP contribution in [-0.4, -0.2) is 52.1 Å². The fraction of sp³-hybridized carbons (Fsp3) is 0.355. The lowest BCUT2D eigenvalue weighted by Crippen LogP contribution is -2.52. The molecule has 11 heteroatoms. The number of carbonyl (C=O) groups excluding carboxylic acids is 6. The summed E-state index contributed by atoms with van der Waals surface area (Å²) in [5.74, 6) is 2.54. The number of rotatable bonds is 7. The topological polar surface area (TPSA) is 148 Å². The molecule has 0 aromatic heterocycles. The molecule has 2 N–H and O–H groups in total. The molecule has 0 aliphatic carbocycles. The van der Waals surface area contributed by atoms with Gasteiger partial charge in [0.1, 0.15) is 17.4 Å². The number of benzene rings is 2. The van der Waals surface area contributed by atoms with Crippen molar-refractivity contribution in [3.63, 3.8) is 0 Å². The molecule has 1 fully saturated rings. The first-order chi connectivity index (χ1) is 19.9. The predicted molar refractivity (Wildman–Crippen MR) is 148 cm³/mol. The molecule has 0 spiro atoms. The Hall–Kier alpha value is -4.98. The van der Waals surface area contributed by atoms with Crippen LogP contribution in [0.5, 0.6) is 5.75 Å². The van der Waals surface area contributed by atoms with E-state index in [-0.39, 0.29) is 56.3 Å². The molecular weight excluding hydrogens is 542 g/mol. The van der Waals surface area contributed by atoms with Gasteiger partial charge in [0.05, 0.1) is 18.4 Å². The van der Waals surface area contributed by atoms with Gasteiger partial charge in [0.25, 0.3) is 11.8 Å². The molecule has 2 aliphatic rings. The maximum atomic E-state index is 12.9. The predicted octanol–water partition coefficient (Wildman–Crippen LogP) is 2.14. The fourth-order valence-corrected chi connectivity index (χ4v) is 4.52. The van der Waals surface area contributed by atoms with E-state index in [1.807, 2.05) is 0 Å². The van der Waals surface area contributed by atoms with Crippen LogP contribution in [0.4, 0.5) is 0 Å². The minimum atomic E-state index is -0.701. The Kier molecular flexibility index (Phi) is 9.06. The molecule has 1 saturated heterocycles. The van der Waals surface area contributed by atoms with Gasteiger partial charge in [-0.15, -0.1) is 0 Å². The Labute approximate surface area is 242 Å². The van der Waals surface area contributed by atoms with Gasteiger partial charge in [0, 0.05) is 31.0 Å². The van der Waals surface area contributed by atoms with Gasteiger partial charge in [-0.25, -0.2) is 0 Å². The van der Waals surface area contributed by atoms with Gasteiger partial charge >= 0.3 is 11.9 Å². The number of carbonyl (C=O) groups is 6. The summed E-state index contributed by atoms with van der Waals surface area (Å²) in [6, 6.07) is 10.9. The number of piperidine rings is 1. The lowest BCUT2D eigenvalue weighted by Gasteiger charge is -2.29. The van der Waals surface area contributed by atoms with E-state index >= 15 is 0 Å². The normalized spacial score (nSPS) is 16.1. The summed E-state index contributed by atoms with van der Waals surface area (Å²) < 4.78 is 10.5. The largest absolute Gasteiger partial charge is 0.460 e. The maximum Gasteiger partial charge on any atom is 0.311 e. The number of nitrogens with zero attached hydrogens (tertiary/aromatic N) is 1. The number of fused-ring (bicyclic) bond motifs is 1. The number of ether oxygens (including phenoxy) is 2. The monoisotopic (exact) mass is 573 g/mol. The summed E-state index contributed by atoms with van der Waals surface area (Å²) >= 11 is 0. The quantitative estimate of drug-likeness (QED) is 0.222. The number of para-hydroxylation sites is 1. The highest BCUT2D eigenvalue weighted by Crippen LogP contribution is 2.28. The van der Waals surface area contributed by atoms with Crippen molar-refractivity contribution < 1.29 is 38.2 Å². The van der Waals surface area contributed by atoms with E-state index in [0.717, 1.165) is 11.1 Å². The third-order valence-corrected chi connectivity index (χ3v) is 6.42. The highest BCUT2D eigenvalue weighted by Gasteiger charge is 2.39. The molecular formula is C31H31N3O8. The van der Waals surface area contributed by atoms with Crippen LogP contribution in [-0.2, 0) is 41.8 Å². The number of nitrogens with one attached hydrogen (secondary N) is 2. The third kappa shape index (κ3) is 7.81. The number of imide groups is 1. The minimum absolute atomic E-state index is 0.127. The first-order valence-electron chi connectivity index (χ1n) is 13.5. The molecule has 2 aromatic carbocycles. The van der Waals surface area contributed by atoms with Crippen LogP contribution in [0.2, 0.25) is 0 Å². The van der Waals surface area contributed by atoms with Crippen molar-refractivity contribution in [1.29, 1.82) is 0 Å². The summed E-state index contributed by atoms with van der Waals surface area (Å²) in [5.41, 5.74) is 1.61. The molecule has 1 atom stereocenters. The first kappa shape index (κ1) is 30.0. The highest BCUT2D eigenvalue weighted by molar-refractivity contribution is 6.05. The fourth-order valence-electron chi connectivity index (χ4n) is 4.52. The Morgan fingerprint density at radius 2 is 1.79 bits per heavy atom. The van der Waals surface area contributed by atoms with Gasteiger partial charge in [0.2, 0.25) is 11.8 Å². The maximum absolute atomic E-state index is 12.9. The summed E-state index contributed by atoms with van der Waals surface area (Å²) in [6.45, 7) is 5.59. The Balaban J connectivity index is 1.31. The van der Waals surface area contributed by atoms with Crippen LogP contribution in [0.1, 0.15) is 73.5 Å². The molecule has 0 saturated carbocycles. The molecule has 2 aromatic rings. The molecule has 1 unspecified atom stereocenters. The Morgan fingerprint density at radius 1 is 1.05 bits per heavy atom. The van der Waals surface area contributed by atoms with Gasteiger partial charge in [-0.3, -0.25) is 34.1 Å². The van der Waals surface area contributed by atoms with Gasteiger partial charge in [0.15, 0.2) is 0 Å². The van der Waals surface area contributed by atoms with Crippen LogP contribution in [0, 0.1) is 11.8 Å². The van der Waals surface area contributed by atoms with E-state index in [9.17, 15) is 28.8 Å². The van der Waals surface area contributed by atoms with E-state index in [0.29, 0.717) is 11.1 Å². The van der Waals surface area contributed by atoms with Crippen molar-refractivity contribution in [3.8, 4) is 17.6 Å². The molecule has 218 valence electrons. The Morgan fingerprint density at radius 3 is 2.52 bits per heavy atom.